The topological polar surface area (TPSA) is 0 Å². The first-order valence-electron chi connectivity index (χ1n) is 4.92. The predicted molar refractivity (Wildman–Crippen MR) is 60.8 cm³/mol. The summed E-state index contributed by atoms with van der Waals surface area (Å²) in [4.78, 5) is 0.677. The summed E-state index contributed by atoms with van der Waals surface area (Å²) < 4.78 is 0. The van der Waals surface area contributed by atoms with Crippen LogP contribution in [-0.4, -0.2) is 4.83 Å². The van der Waals surface area contributed by atoms with Crippen molar-refractivity contribution in [1.29, 1.82) is 0 Å². The Morgan fingerprint density at radius 3 is 2.33 bits per heavy atom. The first kappa shape index (κ1) is 12.2. The molecule has 0 rings (SSSR count). The number of rotatable bonds is 6. The van der Waals surface area contributed by atoms with E-state index in [-0.39, 0.29) is 0 Å². The van der Waals surface area contributed by atoms with Gasteiger partial charge in [-0.15, -0.1) is 0 Å². The number of hydrogen-bond donors (Lipinski definition) is 0. The highest BCUT2D eigenvalue weighted by Gasteiger charge is 1.93. The van der Waals surface area contributed by atoms with Crippen LogP contribution >= 0.6 is 15.9 Å². The molecule has 0 N–H and O–H groups in total. The Kier molecular flexibility index (Phi) is 7.99. The third kappa shape index (κ3) is 10.2. The number of unbranched alkanes of at least 4 members (excludes halogenated alkanes) is 1. The monoisotopic (exact) mass is 232 g/mol. The maximum absolute atomic E-state index is 3.54. The van der Waals surface area contributed by atoms with E-state index >= 15 is 0 Å². The molecule has 0 nitrogen and oxygen atoms in total. The van der Waals surface area contributed by atoms with Crippen molar-refractivity contribution in [2.24, 2.45) is 5.92 Å². The van der Waals surface area contributed by atoms with Crippen LogP contribution in [0.4, 0.5) is 0 Å². The molecule has 0 aromatic heterocycles. The van der Waals surface area contributed by atoms with E-state index in [9.17, 15) is 0 Å². The average molecular weight is 233 g/mol. The fourth-order valence-corrected chi connectivity index (χ4v) is 1.33. The zero-order valence-corrected chi connectivity index (χ0v) is 10.1. The van der Waals surface area contributed by atoms with E-state index in [4.69, 9.17) is 0 Å². The van der Waals surface area contributed by atoms with Gasteiger partial charge in [-0.3, -0.25) is 0 Å². The maximum Gasteiger partial charge on any atom is 0.0117 e. The summed E-state index contributed by atoms with van der Waals surface area (Å²) in [5.41, 5.74) is 0. The zero-order chi connectivity index (χ0) is 9.40. The second-order valence-corrected chi connectivity index (χ2v) is 5.38. The molecule has 1 atom stereocenters. The maximum atomic E-state index is 3.54. The van der Waals surface area contributed by atoms with E-state index in [1.807, 2.05) is 0 Å². The molecule has 1 heteroatoms. The van der Waals surface area contributed by atoms with Gasteiger partial charge in [-0.1, -0.05) is 48.9 Å². The fraction of sp³-hybridized carbons (Fsp3) is 0.818. The van der Waals surface area contributed by atoms with Crippen LogP contribution in [-0.2, 0) is 0 Å². The van der Waals surface area contributed by atoms with Crippen LogP contribution in [0.25, 0.3) is 0 Å². The SMILES string of the molecule is CC(C)C/C=C/CCCC(C)Br. The molecule has 0 aromatic carbocycles. The van der Waals surface area contributed by atoms with Gasteiger partial charge >= 0.3 is 0 Å². The van der Waals surface area contributed by atoms with Gasteiger partial charge in [-0.25, -0.2) is 0 Å². The Balaban J connectivity index is 3.13. The lowest BCUT2D eigenvalue weighted by atomic mass is 10.1. The van der Waals surface area contributed by atoms with Crippen molar-refractivity contribution in [2.75, 3.05) is 0 Å². The second kappa shape index (κ2) is 7.85. The van der Waals surface area contributed by atoms with E-state index < -0.39 is 0 Å². The molecule has 0 saturated heterocycles. The van der Waals surface area contributed by atoms with Crippen molar-refractivity contribution in [3.63, 3.8) is 0 Å². The summed E-state index contributed by atoms with van der Waals surface area (Å²) in [6, 6.07) is 0. The van der Waals surface area contributed by atoms with Crippen LogP contribution in [0.1, 0.15) is 46.5 Å². The summed E-state index contributed by atoms with van der Waals surface area (Å²) >= 11 is 3.54. The zero-order valence-electron chi connectivity index (χ0n) is 8.52. The normalized spacial score (nSPS) is 14.4. The molecule has 12 heavy (non-hydrogen) atoms. The molecule has 0 radical (unpaired) electrons. The molecule has 0 aromatic rings. The van der Waals surface area contributed by atoms with Crippen LogP contribution < -0.4 is 0 Å². The van der Waals surface area contributed by atoms with Gasteiger partial charge in [0.2, 0.25) is 0 Å². The van der Waals surface area contributed by atoms with Crippen LogP contribution in [0, 0.1) is 5.92 Å². The number of allylic oxidation sites excluding steroid dienone is 2. The summed E-state index contributed by atoms with van der Waals surface area (Å²) in [5.74, 6) is 0.802. The number of halogens is 1. The van der Waals surface area contributed by atoms with Gasteiger partial charge in [0.25, 0.3) is 0 Å². The van der Waals surface area contributed by atoms with Crippen molar-refractivity contribution in [2.45, 2.75) is 51.3 Å². The summed E-state index contributed by atoms with van der Waals surface area (Å²) in [5, 5.41) is 0. The van der Waals surface area contributed by atoms with E-state index in [0.29, 0.717) is 4.83 Å². The van der Waals surface area contributed by atoms with Crippen molar-refractivity contribution < 1.29 is 0 Å². The van der Waals surface area contributed by atoms with Gasteiger partial charge < -0.3 is 0 Å². The highest BCUT2D eigenvalue weighted by Crippen LogP contribution is 2.09. The summed E-state index contributed by atoms with van der Waals surface area (Å²) in [7, 11) is 0. The summed E-state index contributed by atoms with van der Waals surface area (Å²) in [6.07, 6.45) is 9.68. The Hall–Kier alpha value is 0.220. The molecular formula is C11H21Br. The lowest BCUT2D eigenvalue weighted by molar-refractivity contribution is 0.660. The predicted octanol–water partition coefficient (Wildman–Crippen LogP) is 4.54. The minimum atomic E-state index is 0.677. The van der Waals surface area contributed by atoms with Gasteiger partial charge in [0.1, 0.15) is 0 Å². The first-order chi connectivity index (χ1) is 5.63. The molecule has 0 aliphatic heterocycles. The molecule has 0 bridgehead atoms. The van der Waals surface area contributed by atoms with Crippen molar-refractivity contribution in [3.8, 4) is 0 Å². The van der Waals surface area contributed by atoms with E-state index in [0.717, 1.165) is 5.92 Å². The average Bonchev–Trinajstić information content (AvgIpc) is 1.95. The molecular weight excluding hydrogens is 212 g/mol. The lowest BCUT2D eigenvalue weighted by Crippen LogP contribution is -1.88. The Bertz CT molecular complexity index is 114. The van der Waals surface area contributed by atoms with E-state index in [1.54, 1.807) is 0 Å². The molecule has 0 heterocycles. The van der Waals surface area contributed by atoms with E-state index in [2.05, 4.69) is 48.9 Å². The number of hydrogen-bond acceptors (Lipinski definition) is 0. The van der Waals surface area contributed by atoms with Gasteiger partial charge in [-0.2, -0.15) is 0 Å². The minimum absolute atomic E-state index is 0.677. The Morgan fingerprint density at radius 1 is 1.17 bits per heavy atom. The second-order valence-electron chi connectivity index (χ2n) is 3.81. The molecule has 0 aliphatic carbocycles. The lowest BCUT2D eigenvalue weighted by Gasteiger charge is -1.99. The van der Waals surface area contributed by atoms with Crippen molar-refractivity contribution in [1.82, 2.24) is 0 Å². The highest BCUT2D eigenvalue weighted by atomic mass is 79.9. The van der Waals surface area contributed by atoms with Crippen LogP contribution in [0.3, 0.4) is 0 Å². The van der Waals surface area contributed by atoms with Crippen molar-refractivity contribution in [3.05, 3.63) is 12.2 Å². The van der Waals surface area contributed by atoms with Crippen LogP contribution in [0.2, 0.25) is 0 Å². The Labute approximate surface area is 85.6 Å². The van der Waals surface area contributed by atoms with Gasteiger partial charge in [0.15, 0.2) is 0 Å². The molecule has 0 fully saturated rings. The highest BCUT2D eigenvalue weighted by molar-refractivity contribution is 9.09. The van der Waals surface area contributed by atoms with Gasteiger partial charge in [-0.05, 0) is 31.6 Å². The minimum Gasteiger partial charge on any atom is -0.0894 e. The van der Waals surface area contributed by atoms with Gasteiger partial charge in [0.05, 0.1) is 0 Å². The summed E-state index contributed by atoms with van der Waals surface area (Å²) in [6.45, 7) is 6.72. The molecule has 0 amide bonds. The third-order valence-electron chi connectivity index (χ3n) is 1.75. The van der Waals surface area contributed by atoms with Gasteiger partial charge in [0, 0.05) is 4.83 Å². The third-order valence-corrected chi connectivity index (χ3v) is 2.20. The standard InChI is InChI=1S/C11H21Br/c1-10(2)8-6-4-5-7-9-11(3)12/h4,6,10-11H,5,7-9H2,1-3H3/b6-4+. The quantitative estimate of drug-likeness (QED) is 0.359. The number of alkyl halides is 1. The van der Waals surface area contributed by atoms with Crippen LogP contribution in [0.5, 0.6) is 0 Å². The smallest absolute Gasteiger partial charge is 0.0117 e. The first-order valence-corrected chi connectivity index (χ1v) is 5.83. The molecule has 0 saturated carbocycles. The molecule has 0 spiro atoms. The molecule has 1 unspecified atom stereocenters. The molecule has 0 aliphatic rings. The fourth-order valence-electron chi connectivity index (χ4n) is 1.00. The van der Waals surface area contributed by atoms with Crippen molar-refractivity contribution >= 4 is 15.9 Å². The largest absolute Gasteiger partial charge is 0.0894 e. The Morgan fingerprint density at radius 2 is 1.83 bits per heavy atom. The van der Waals surface area contributed by atoms with Crippen LogP contribution in [0.15, 0.2) is 12.2 Å². The van der Waals surface area contributed by atoms with E-state index in [1.165, 1.54) is 25.7 Å². The molecule has 72 valence electrons.